The summed E-state index contributed by atoms with van der Waals surface area (Å²) >= 11 is 0. The normalized spacial score (nSPS) is 10.5. The van der Waals surface area contributed by atoms with Gasteiger partial charge in [-0.15, -0.1) is 13.0 Å². The van der Waals surface area contributed by atoms with Gasteiger partial charge in [0.15, 0.2) is 11.5 Å². The van der Waals surface area contributed by atoms with E-state index < -0.39 is 4.92 Å². The zero-order valence-corrected chi connectivity index (χ0v) is 15.3. The number of methoxy groups -OCH3 is 1. The molecule has 0 aliphatic heterocycles. The van der Waals surface area contributed by atoms with Crippen molar-refractivity contribution in [1.82, 2.24) is 0 Å². The van der Waals surface area contributed by atoms with Gasteiger partial charge in [-0.3, -0.25) is 10.1 Å². The number of nitro groups is 1. The molecule has 0 aliphatic carbocycles. The molecule has 28 heavy (non-hydrogen) atoms. The number of non-ortho nitro benzene ring substituents is 1. The molecule has 140 valence electrons. The Balaban J connectivity index is 2.51. The minimum atomic E-state index is -0.485. The van der Waals surface area contributed by atoms with E-state index in [2.05, 4.69) is 18.6 Å². The highest BCUT2D eigenvalue weighted by atomic mass is 16.6. The van der Waals surface area contributed by atoms with Crippen LogP contribution in [0, 0.1) is 33.8 Å². The first-order valence-electron chi connectivity index (χ1n) is 8.28. The number of rotatable bonds is 8. The SMILES string of the molecule is C#CCOc1c(CC=C)cc(/C=C(\C#N)c2ccc([N+](=O)[O-])cc2)cc1OC. The number of allylic oxidation sites excluding steroid dienone is 2. The maximum absolute atomic E-state index is 10.8. The zero-order chi connectivity index (χ0) is 20.5. The van der Waals surface area contributed by atoms with Gasteiger partial charge < -0.3 is 9.47 Å². The fourth-order valence-corrected chi connectivity index (χ4v) is 2.61. The molecule has 0 saturated heterocycles. The lowest BCUT2D eigenvalue weighted by Gasteiger charge is -2.14. The molecule has 0 bridgehead atoms. The van der Waals surface area contributed by atoms with Crippen molar-refractivity contribution >= 4 is 17.3 Å². The number of hydrogen-bond acceptors (Lipinski definition) is 5. The smallest absolute Gasteiger partial charge is 0.269 e. The molecule has 0 aromatic heterocycles. The molecule has 0 atom stereocenters. The van der Waals surface area contributed by atoms with Gasteiger partial charge in [0.05, 0.1) is 23.7 Å². The first kappa shape index (κ1) is 20.3. The van der Waals surface area contributed by atoms with Crippen LogP contribution < -0.4 is 9.47 Å². The summed E-state index contributed by atoms with van der Waals surface area (Å²) in [5.74, 6) is 3.44. The summed E-state index contributed by atoms with van der Waals surface area (Å²) in [6.07, 6.45) is 9.21. The maximum atomic E-state index is 10.8. The number of nitriles is 1. The highest BCUT2D eigenvalue weighted by Gasteiger charge is 2.13. The van der Waals surface area contributed by atoms with Crippen LogP contribution in [-0.4, -0.2) is 18.6 Å². The van der Waals surface area contributed by atoms with Crippen molar-refractivity contribution in [3.63, 3.8) is 0 Å². The van der Waals surface area contributed by atoms with Crippen LogP contribution in [-0.2, 0) is 6.42 Å². The molecule has 2 rings (SSSR count). The first-order chi connectivity index (χ1) is 13.5. The zero-order valence-electron chi connectivity index (χ0n) is 15.3. The monoisotopic (exact) mass is 374 g/mol. The minimum absolute atomic E-state index is 0.0361. The molecule has 2 aromatic rings. The number of ether oxygens (including phenoxy) is 2. The van der Waals surface area contributed by atoms with E-state index in [1.54, 1.807) is 30.4 Å². The van der Waals surface area contributed by atoms with Crippen molar-refractivity contribution in [2.24, 2.45) is 0 Å². The Kier molecular flexibility index (Phi) is 6.96. The standard InChI is InChI=1S/C22H18N2O4/c1-4-6-18-12-16(14-21(27-3)22(18)28-11-5-2)13-19(15-23)17-7-9-20(10-8-17)24(25)26/h2,4,7-10,12-14H,1,6,11H2,3H3/b19-13+. The van der Waals surface area contributed by atoms with Gasteiger partial charge in [0.2, 0.25) is 0 Å². The van der Waals surface area contributed by atoms with Gasteiger partial charge in [-0.2, -0.15) is 5.26 Å². The quantitative estimate of drug-likeness (QED) is 0.171. The fourth-order valence-electron chi connectivity index (χ4n) is 2.61. The number of hydrogen-bond donors (Lipinski definition) is 0. The number of nitro benzene ring substituents is 1. The maximum Gasteiger partial charge on any atom is 0.269 e. The molecular weight excluding hydrogens is 356 g/mol. The lowest BCUT2D eigenvalue weighted by Crippen LogP contribution is -2.01. The van der Waals surface area contributed by atoms with Crippen LogP contribution in [0.15, 0.2) is 49.1 Å². The van der Waals surface area contributed by atoms with Gasteiger partial charge in [-0.25, -0.2) is 0 Å². The molecule has 0 unspecified atom stereocenters. The highest BCUT2D eigenvalue weighted by molar-refractivity contribution is 5.90. The lowest BCUT2D eigenvalue weighted by atomic mass is 10.0. The summed E-state index contributed by atoms with van der Waals surface area (Å²) in [5.41, 5.74) is 2.43. The van der Waals surface area contributed by atoms with E-state index >= 15 is 0 Å². The van der Waals surface area contributed by atoms with Crippen molar-refractivity contribution in [1.29, 1.82) is 5.26 Å². The van der Waals surface area contributed by atoms with E-state index in [0.29, 0.717) is 29.1 Å². The second-order valence-corrected chi connectivity index (χ2v) is 5.67. The van der Waals surface area contributed by atoms with Gasteiger partial charge in [0.25, 0.3) is 5.69 Å². The molecule has 0 saturated carbocycles. The molecule has 0 aliphatic rings. The minimum Gasteiger partial charge on any atom is -0.493 e. The van der Waals surface area contributed by atoms with Gasteiger partial charge in [-0.05, 0) is 47.9 Å². The topological polar surface area (TPSA) is 85.4 Å². The van der Waals surface area contributed by atoms with E-state index in [-0.39, 0.29) is 12.3 Å². The molecular formula is C22H18N2O4. The van der Waals surface area contributed by atoms with Crippen LogP contribution in [0.5, 0.6) is 11.5 Å². The molecule has 0 heterocycles. The third-order valence-corrected chi connectivity index (χ3v) is 3.86. The molecule has 0 N–H and O–H groups in total. The summed E-state index contributed by atoms with van der Waals surface area (Å²) in [5, 5.41) is 20.3. The summed E-state index contributed by atoms with van der Waals surface area (Å²) in [6.45, 7) is 3.85. The Bertz CT molecular complexity index is 993. The molecule has 0 radical (unpaired) electrons. The highest BCUT2D eigenvalue weighted by Crippen LogP contribution is 2.35. The molecule has 0 spiro atoms. The predicted molar refractivity (Wildman–Crippen MR) is 108 cm³/mol. The summed E-state index contributed by atoms with van der Waals surface area (Å²) in [7, 11) is 1.52. The second kappa shape index (κ2) is 9.61. The summed E-state index contributed by atoms with van der Waals surface area (Å²) in [6, 6.07) is 11.5. The van der Waals surface area contributed by atoms with Crippen LogP contribution in [0.2, 0.25) is 0 Å². The number of benzene rings is 2. The average Bonchev–Trinajstić information content (AvgIpc) is 2.71. The molecule has 6 heteroatoms. The lowest BCUT2D eigenvalue weighted by molar-refractivity contribution is -0.384. The van der Waals surface area contributed by atoms with E-state index in [9.17, 15) is 15.4 Å². The van der Waals surface area contributed by atoms with Crippen molar-refractivity contribution in [2.45, 2.75) is 6.42 Å². The van der Waals surface area contributed by atoms with E-state index in [1.807, 2.05) is 6.07 Å². The number of nitrogens with zero attached hydrogens (tertiary/aromatic N) is 2. The molecule has 2 aromatic carbocycles. The van der Waals surface area contributed by atoms with Crippen LogP contribution in [0.4, 0.5) is 5.69 Å². The molecule has 6 nitrogen and oxygen atoms in total. The van der Waals surface area contributed by atoms with Crippen molar-refractivity contribution < 1.29 is 14.4 Å². The van der Waals surface area contributed by atoms with Gasteiger partial charge in [0.1, 0.15) is 6.61 Å². The van der Waals surface area contributed by atoms with E-state index in [4.69, 9.17) is 15.9 Å². The third-order valence-electron chi connectivity index (χ3n) is 3.86. The van der Waals surface area contributed by atoms with Crippen LogP contribution >= 0.6 is 0 Å². The average molecular weight is 374 g/mol. The predicted octanol–water partition coefficient (Wildman–Crippen LogP) is 4.41. The Hall–Kier alpha value is -4.03. The second-order valence-electron chi connectivity index (χ2n) is 5.67. The molecule has 0 amide bonds. The van der Waals surface area contributed by atoms with Gasteiger partial charge in [0, 0.05) is 17.7 Å². The largest absolute Gasteiger partial charge is 0.493 e. The first-order valence-corrected chi connectivity index (χ1v) is 8.28. The van der Waals surface area contributed by atoms with Crippen molar-refractivity contribution in [3.8, 4) is 29.9 Å². The van der Waals surface area contributed by atoms with Crippen LogP contribution in [0.3, 0.4) is 0 Å². The van der Waals surface area contributed by atoms with Crippen LogP contribution in [0.25, 0.3) is 11.6 Å². The van der Waals surface area contributed by atoms with E-state index in [0.717, 1.165) is 11.1 Å². The number of terminal acetylenes is 1. The van der Waals surface area contributed by atoms with Crippen molar-refractivity contribution in [3.05, 3.63) is 75.9 Å². The van der Waals surface area contributed by atoms with E-state index in [1.165, 1.54) is 19.2 Å². The Morgan fingerprint density at radius 3 is 2.61 bits per heavy atom. The summed E-state index contributed by atoms with van der Waals surface area (Å²) < 4.78 is 11.0. The Labute approximate surface area is 163 Å². The van der Waals surface area contributed by atoms with Crippen LogP contribution in [0.1, 0.15) is 16.7 Å². The Morgan fingerprint density at radius 1 is 1.36 bits per heavy atom. The third kappa shape index (κ3) is 4.78. The van der Waals surface area contributed by atoms with Gasteiger partial charge >= 0.3 is 0 Å². The Morgan fingerprint density at radius 2 is 2.07 bits per heavy atom. The summed E-state index contributed by atoms with van der Waals surface area (Å²) in [4.78, 5) is 10.3. The van der Waals surface area contributed by atoms with Crippen molar-refractivity contribution in [2.75, 3.05) is 13.7 Å². The molecule has 0 fully saturated rings. The van der Waals surface area contributed by atoms with Gasteiger partial charge in [-0.1, -0.05) is 12.0 Å². The fraction of sp³-hybridized carbons (Fsp3) is 0.136.